The van der Waals surface area contributed by atoms with E-state index >= 15 is 0 Å². The zero-order valence-corrected chi connectivity index (χ0v) is 9.91. The first kappa shape index (κ1) is 11.7. The standard InChI is InChI=1S/C10H6BrF2N3O/c11-6-4-16(10(17)15-9(6)14)5-1-2-7(12)8(13)3-5/h1-4H,(H2,14,15,17). The second-order valence-corrected chi connectivity index (χ2v) is 4.08. The van der Waals surface area contributed by atoms with Gasteiger partial charge in [0.2, 0.25) is 0 Å². The molecule has 7 heteroatoms. The summed E-state index contributed by atoms with van der Waals surface area (Å²) in [5, 5.41) is 0. The topological polar surface area (TPSA) is 60.9 Å². The number of halogens is 3. The molecule has 88 valence electrons. The third-order valence-electron chi connectivity index (χ3n) is 2.09. The van der Waals surface area contributed by atoms with Crippen LogP contribution >= 0.6 is 15.9 Å². The largest absolute Gasteiger partial charge is 0.383 e. The number of nitrogens with two attached hydrogens (primary N) is 1. The lowest BCUT2D eigenvalue weighted by Gasteiger charge is -2.06. The summed E-state index contributed by atoms with van der Waals surface area (Å²) in [5.74, 6) is -1.99. The molecule has 1 aromatic heterocycles. The van der Waals surface area contributed by atoms with E-state index in [1.165, 1.54) is 12.3 Å². The first-order valence-electron chi connectivity index (χ1n) is 4.49. The van der Waals surface area contributed by atoms with Crippen LogP contribution in [-0.4, -0.2) is 9.55 Å². The minimum atomic E-state index is -1.04. The Bertz CT molecular complexity index is 642. The smallest absolute Gasteiger partial charge is 0.354 e. The van der Waals surface area contributed by atoms with Crippen molar-refractivity contribution in [1.82, 2.24) is 9.55 Å². The maximum Gasteiger partial charge on any atom is 0.354 e. The number of anilines is 1. The van der Waals surface area contributed by atoms with Crippen molar-refractivity contribution in [2.75, 3.05) is 5.73 Å². The van der Waals surface area contributed by atoms with Gasteiger partial charge in [0.25, 0.3) is 0 Å². The fourth-order valence-electron chi connectivity index (χ4n) is 1.26. The van der Waals surface area contributed by atoms with Crippen LogP contribution in [0.4, 0.5) is 14.6 Å². The molecule has 17 heavy (non-hydrogen) atoms. The lowest BCUT2D eigenvalue weighted by atomic mass is 10.3. The fraction of sp³-hybridized carbons (Fsp3) is 0. The Hall–Kier alpha value is -1.76. The van der Waals surface area contributed by atoms with E-state index in [0.29, 0.717) is 4.47 Å². The van der Waals surface area contributed by atoms with E-state index in [-0.39, 0.29) is 11.5 Å². The quantitative estimate of drug-likeness (QED) is 0.874. The molecule has 0 atom stereocenters. The molecule has 0 aliphatic heterocycles. The van der Waals surface area contributed by atoms with E-state index in [9.17, 15) is 13.6 Å². The van der Waals surface area contributed by atoms with Crippen LogP contribution in [0.3, 0.4) is 0 Å². The number of aromatic nitrogens is 2. The Labute approximate surface area is 103 Å². The predicted octanol–water partition coefficient (Wildman–Crippen LogP) is 1.86. The van der Waals surface area contributed by atoms with Crippen molar-refractivity contribution in [3.8, 4) is 5.69 Å². The summed E-state index contributed by atoms with van der Waals surface area (Å²) in [6, 6.07) is 3.10. The van der Waals surface area contributed by atoms with Crippen molar-refractivity contribution in [2.24, 2.45) is 0 Å². The monoisotopic (exact) mass is 301 g/mol. The molecule has 4 nitrogen and oxygen atoms in total. The lowest BCUT2D eigenvalue weighted by Crippen LogP contribution is -2.22. The summed E-state index contributed by atoms with van der Waals surface area (Å²) in [6.07, 6.45) is 1.34. The predicted molar refractivity (Wildman–Crippen MR) is 61.9 cm³/mol. The molecule has 0 amide bonds. The molecule has 0 bridgehead atoms. The molecule has 2 N–H and O–H groups in total. The average Bonchev–Trinajstić information content (AvgIpc) is 2.27. The van der Waals surface area contributed by atoms with Crippen LogP contribution in [0.15, 0.2) is 33.7 Å². The van der Waals surface area contributed by atoms with Gasteiger partial charge in [-0.2, -0.15) is 4.98 Å². The van der Waals surface area contributed by atoms with Gasteiger partial charge in [0.1, 0.15) is 5.82 Å². The van der Waals surface area contributed by atoms with E-state index in [0.717, 1.165) is 16.7 Å². The molecule has 2 aromatic rings. The molecule has 0 spiro atoms. The molecule has 1 heterocycles. The van der Waals surface area contributed by atoms with Crippen molar-refractivity contribution in [3.05, 3.63) is 51.0 Å². The van der Waals surface area contributed by atoms with E-state index in [1.54, 1.807) is 0 Å². The number of nitrogen functional groups attached to an aromatic ring is 1. The van der Waals surface area contributed by atoms with Crippen LogP contribution in [0.5, 0.6) is 0 Å². The van der Waals surface area contributed by atoms with Gasteiger partial charge >= 0.3 is 5.69 Å². The van der Waals surface area contributed by atoms with Crippen LogP contribution in [-0.2, 0) is 0 Å². The highest BCUT2D eigenvalue weighted by Crippen LogP contribution is 2.17. The van der Waals surface area contributed by atoms with E-state index < -0.39 is 17.3 Å². The van der Waals surface area contributed by atoms with Gasteiger partial charge < -0.3 is 5.73 Å². The van der Waals surface area contributed by atoms with Crippen molar-refractivity contribution in [3.63, 3.8) is 0 Å². The summed E-state index contributed by atoms with van der Waals surface area (Å²) in [4.78, 5) is 15.0. The van der Waals surface area contributed by atoms with Gasteiger partial charge in [-0.1, -0.05) is 0 Å². The van der Waals surface area contributed by atoms with Gasteiger partial charge in [0, 0.05) is 12.3 Å². The summed E-state index contributed by atoms with van der Waals surface area (Å²) in [5.41, 5.74) is 4.92. The first-order valence-corrected chi connectivity index (χ1v) is 5.28. The summed E-state index contributed by atoms with van der Waals surface area (Å²) < 4.78 is 27.2. The molecule has 0 aliphatic carbocycles. The third-order valence-corrected chi connectivity index (χ3v) is 2.70. The Morgan fingerprint density at radius 2 is 2.00 bits per heavy atom. The number of hydrogen-bond donors (Lipinski definition) is 1. The van der Waals surface area contributed by atoms with Gasteiger partial charge in [-0.05, 0) is 28.1 Å². The molecule has 0 aliphatic rings. The summed E-state index contributed by atoms with van der Waals surface area (Å²) >= 11 is 3.10. The molecule has 0 fully saturated rings. The number of nitrogens with zero attached hydrogens (tertiary/aromatic N) is 2. The van der Waals surface area contributed by atoms with Gasteiger partial charge in [0.05, 0.1) is 10.2 Å². The maximum atomic E-state index is 13.0. The van der Waals surface area contributed by atoms with E-state index in [1.807, 2.05) is 0 Å². The summed E-state index contributed by atoms with van der Waals surface area (Å²) in [6.45, 7) is 0. The van der Waals surface area contributed by atoms with Crippen molar-refractivity contribution in [1.29, 1.82) is 0 Å². The van der Waals surface area contributed by atoms with Crippen LogP contribution in [0.2, 0.25) is 0 Å². The average molecular weight is 302 g/mol. The molecular weight excluding hydrogens is 296 g/mol. The van der Waals surface area contributed by atoms with Crippen molar-refractivity contribution < 1.29 is 8.78 Å². The highest BCUT2D eigenvalue weighted by molar-refractivity contribution is 9.10. The Balaban J connectivity index is 2.64. The maximum absolute atomic E-state index is 13.0. The molecule has 0 radical (unpaired) electrons. The van der Waals surface area contributed by atoms with Gasteiger partial charge in [-0.15, -0.1) is 0 Å². The zero-order chi connectivity index (χ0) is 12.6. The van der Waals surface area contributed by atoms with Gasteiger partial charge in [-0.3, -0.25) is 4.57 Å². The number of hydrogen-bond acceptors (Lipinski definition) is 3. The Kier molecular flexibility index (Phi) is 2.93. The normalized spacial score (nSPS) is 10.5. The zero-order valence-electron chi connectivity index (χ0n) is 8.32. The molecule has 0 saturated carbocycles. The second kappa shape index (κ2) is 4.25. The lowest BCUT2D eigenvalue weighted by molar-refractivity contribution is 0.507. The Morgan fingerprint density at radius 1 is 1.29 bits per heavy atom. The van der Waals surface area contributed by atoms with Gasteiger partial charge in [-0.25, -0.2) is 13.6 Å². The third kappa shape index (κ3) is 2.19. The second-order valence-electron chi connectivity index (χ2n) is 3.23. The minimum Gasteiger partial charge on any atom is -0.383 e. The molecule has 0 saturated heterocycles. The molecule has 2 rings (SSSR count). The SMILES string of the molecule is Nc1nc(=O)n(-c2ccc(F)c(F)c2)cc1Br. The van der Waals surface area contributed by atoms with Crippen LogP contribution < -0.4 is 11.4 Å². The highest BCUT2D eigenvalue weighted by Gasteiger charge is 2.08. The highest BCUT2D eigenvalue weighted by atomic mass is 79.9. The van der Waals surface area contributed by atoms with Crippen LogP contribution in [0, 0.1) is 11.6 Å². The van der Waals surface area contributed by atoms with Gasteiger partial charge in [0.15, 0.2) is 11.6 Å². The number of rotatable bonds is 1. The minimum absolute atomic E-state index is 0.0360. The van der Waals surface area contributed by atoms with Crippen LogP contribution in [0.25, 0.3) is 5.69 Å². The summed E-state index contributed by atoms with van der Waals surface area (Å²) in [7, 11) is 0. The fourth-order valence-corrected chi connectivity index (χ4v) is 1.56. The molecule has 0 unspecified atom stereocenters. The van der Waals surface area contributed by atoms with E-state index in [2.05, 4.69) is 20.9 Å². The van der Waals surface area contributed by atoms with E-state index in [4.69, 9.17) is 5.73 Å². The molecule has 1 aromatic carbocycles. The number of benzene rings is 1. The molecular formula is C10H6BrF2N3O. The first-order chi connectivity index (χ1) is 7.99. The van der Waals surface area contributed by atoms with Crippen molar-refractivity contribution >= 4 is 21.7 Å². The van der Waals surface area contributed by atoms with Crippen molar-refractivity contribution in [2.45, 2.75) is 0 Å². The Morgan fingerprint density at radius 3 is 2.65 bits per heavy atom. The van der Waals surface area contributed by atoms with Crippen LogP contribution in [0.1, 0.15) is 0 Å².